The number of hydrogen-bond donors (Lipinski definition) is 0. The maximum Gasteiger partial charge on any atom is 0.228 e. The molecule has 1 saturated heterocycles. The Morgan fingerprint density at radius 1 is 1.42 bits per heavy atom. The van der Waals surface area contributed by atoms with Crippen LogP contribution in [0.15, 0.2) is 22.7 Å². The van der Waals surface area contributed by atoms with E-state index in [2.05, 4.69) is 28.1 Å². The molecule has 3 nitrogen and oxygen atoms in total. The zero-order chi connectivity index (χ0) is 13.4. The monoisotopic (exact) mass is 323 g/mol. The van der Waals surface area contributed by atoms with Crippen LogP contribution in [0, 0.1) is 5.92 Å². The standard InChI is InChI=1S/C15H18BrNO2/c1-10-14(5-7-19-10)15(18)17-6-4-11-8-13(16)3-2-12(11)9-17/h2-3,8,10,14H,4-7,9H2,1H3. The third-order valence-corrected chi connectivity index (χ3v) is 4.68. The lowest BCUT2D eigenvalue weighted by atomic mass is 9.96. The SMILES string of the molecule is CC1OCCC1C(=O)N1CCc2cc(Br)ccc2C1. The lowest BCUT2D eigenvalue weighted by Crippen LogP contribution is -2.41. The first-order valence-corrected chi connectivity index (χ1v) is 7.62. The van der Waals surface area contributed by atoms with Crippen LogP contribution < -0.4 is 0 Å². The molecule has 0 N–H and O–H groups in total. The molecular formula is C15H18BrNO2. The minimum absolute atomic E-state index is 0.0528. The van der Waals surface area contributed by atoms with E-state index < -0.39 is 0 Å². The highest BCUT2D eigenvalue weighted by molar-refractivity contribution is 9.10. The number of rotatable bonds is 1. The Morgan fingerprint density at radius 3 is 3.00 bits per heavy atom. The van der Waals surface area contributed by atoms with Gasteiger partial charge in [0, 0.05) is 24.2 Å². The molecule has 2 aliphatic heterocycles. The highest BCUT2D eigenvalue weighted by atomic mass is 79.9. The number of amides is 1. The van der Waals surface area contributed by atoms with Gasteiger partial charge in [-0.2, -0.15) is 0 Å². The Hall–Kier alpha value is -0.870. The minimum Gasteiger partial charge on any atom is -0.378 e. The van der Waals surface area contributed by atoms with Crippen LogP contribution in [0.2, 0.25) is 0 Å². The van der Waals surface area contributed by atoms with Crippen molar-refractivity contribution in [2.45, 2.75) is 32.4 Å². The molecule has 4 heteroatoms. The molecule has 2 aliphatic rings. The molecule has 0 aromatic heterocycles. The van der Waals surface area contributed by atoms with Gasteiger partial charge < -0.3 is 9.64 Å². The molecule has 2 atom stereocenters. The third-order valence-electron chi connectivity index (χ3n) is 4.19. The molecule has 0 spiro atoms. The summed E-state index contributed by atoms with van der Waals surface area (Å²) in [6.45, 7) is 4.29. The van der Waals surface area contributed by atoms with Gasteiger partial charge in [-0.05, 0) is 43.0 Å². The van der Waals surface area contributed by atoms with Gasteiger partial charge in [0.25, 0.3) is 0 Å². The second kappa shape index (κ2) is 5.25. The third kappa shape index (κ3) is 2.56. The number of carbonyl (C=O) groups is 1. The van der Waals surface area contributed by atoms with Crippen molar-refractivity contribution >= 4 is 21.8 Å². The Kier molecular flexibility index (Phi) is 3.63. The Labute approximate surface area is 122 Å². The molecule has 19 heavy (non-hydrogen) atoms. The minimum atomic E-state index is 0.0528. The molecule has 2 unspecified atom stereocenters. The molecule has 1 aromatic rings. The molecule has 0 aliphatic carbocycles. The molecule has 1 aromatic carbocycles. The number of carbonyl (C=O) groups excluding carboxylic acids is 1. The Bertz CT molecular complexity index is 503. The van der Waals surface area contributed by atoms with E-state index in [1.807, 2.05) is 17.9 Å². The molecule has 1 fully saturated rings. The first-order chi connectivity index (χ1) is 9.15. The first kappa shape index (κ1) is 13.1. The molecule has 2 heterocycles. The largest absolute Gasteiger partial charge is 0.378 e. The predicted octanol–water partition coefficient (Wildman–Crippen LogP) is 2.76. The summed E-state index contributed by atoms with van der Waals surface area (Å²) < 4.78 is 6.62. The van der Waals surface area contributed by atoms with E-state index in [-0.39, 0.29) is 17.9 Å². The Balaban J connectivity index is 1.75. The summed E-state index contributed by atoms with van der Waals surface area (Å²) in [6, 6.07) is 6.33. The van der Waals surface area contributed by atoms with E-state index in [4.69, 9.17) is 4.74 Å². The number of benzene rings is 1. The summed E-state index contributed by atoms with van der Waals surface area (Å²) >= 11 is 3.50. The van der Waals surface area contributed by atoms with Crippen LogP contribution in [0.4, 0.5) is 0 Å². The summed E-state index contributed by atoms with van der Waals surface area (Å²) in [5, 5.41) is 0. The molecule has 102 valence electrons. The number of fused-ring (bicyclic) bond motifs is 1. The molecule has 0 radical (unpaired) electrons. The molecule has 0 saturated carbocycles. The van der Waals surface area contributed by atoms with Gasteiger partial charge in [-0.25, -0.2) is 0 Å². The number of hydrogen-bond acceptors (Lipinski definition) is 2. The van der Waals surface area contributed by atoms with Crippen molar-refractivity contribution in [3.63, 3.8) is 0 Å². The summed E-state index contributed by atoms with van der Waals surface area (Å²) in [7, 11) is 0. The maximum atomic E-state index is 12.5. The van der Waals surface area contributed by atoms with Crippen molar-refractivity contribution in [3.8, 4) is 0 Å². The second-order valence-electron chi connectivity index (χ2n) is 5.39. The first-order valence-electron chi connectivity index (χ1n) is 6.83. The fraction of sp³-hybridized carbons (Fsp3) is 0.533. The highest BCUT2D eigenvalue weighted by Gasteiger charge is 2.34. The average Bonchev–Trinajstić information content (AvgIpc) is 2.83. The fourth-order valence-electron chi connectivity index (χ4n) is 3.00. The summed E-state index contributed by atoms with van der Waals surface area (Å²) in [5.41, 5.74) is 2.63. The van der Waals surface area contributed by atoms with Crippen LogP contribution in [0.5, 0.6) is 0 Å². The summed E-state index contributed by atoms with van der Waals surface area (Å²) in [5.74, 6) is 0.315. The van der Waals surface area contributed by atoms with Gasteiger partial charge in [0.1, 0.15) is 0 Å². The van der Waals surface area contributed by atoms with Crippen molar-refractivity contribution in [2.75, 3.05) is 13.2 Å². The number of halogens is 1. The fourth-order valence-corrected chi connectivity index (χ4v) is 3.41. The van der Waals surface area contributed by atoms with Crippen LogP contribution in [0.1, 0.15) is 24.5 Å². The molecular weight excluding hydrogens is 306 g/mol. The van der Waals surface area contributed by atoms with E-state index in [1.165, 1.54) is 11.1 Å². The molecule has 0 bridgehead atoms. The lowest BCUT2D eigenvalue weighted by Gasteiger charge is -2.31. The number of nitrogens with zero attached hydrogens (tertiary/aromatic N) is 1. The lowest BCUT2D eigenvalue weighted by molar-refractivity contribution is -0.137. The topological polar surface area (TPSA) is 29.5 Å². The average molecular weight is 324 g/mol. The highest BCUT2D eigenvalue weighted by Crippen LogP contribution is 2.27. The Morgan fingerprint density at radius 2 is 2.26 bits per heavy atom. The van der Waals surface area contributed by atoms with Crippen LogP contribution in [-0.4, -0.2) is 30.1 Å². The van der Waals surface area contributed by atoms with E-state index >= 15 is 0 Å². The zero-order valence-electron chi connectivity index (χ0n) is 11.1. The molecule has 3 rings (SSSR count). The van der Waals surface area contributed by atoms with Gasteiger partial charge in [0.2, 0.25) is 5.91 Å². The van der Waals surface area contributed by atoms with Gasteiger partial charge in [-0.1, -0.05) is 22.0 Å². The van der Waals surface area contributed by atoms with Crippen molar-refractivity contribution in [2.24, 2.45) is 5.92 Å². The summed E-state index contributed by atoms with van der Waals surface area (Å²) in [6.07, 6.45) is 1.88. The smallest absolute Gasteiger partial charge is 0.228 e. The maximum absolute atomic E-state index is 12.5. The van der Waals surface area contributed by atoms with Gasteiger partial charge >= 0.3 is 0 Å². The van der Waals surface area contributed by atoms with E-state index in [0.717, 1.165) is 37.0 Å². The van der Waals surface area contributed by atoms with Crippen molar-refractivity contribution < 1.29 is 9.53 Å². The quantitative estimate of drug-likeness (QED) is 0.795. The van der Waals surface area contributed by atoms with Crippen LogP contribution >= 0.6 is 15.9 Å². The number of ether oxygens (including phenoxy) is 1. The summed E-state index contributed by atoms with van der Waals surface area (Å²) in [4.78, 5) is 14.5. The van der Waals surface area contributed by atoms with Crippen molar-refractivity contribution in [1.29, 1.82) is 0 Å². The van der Waals surface area contributed by atoms with Gasteiger partial charge in [-0.3, -0.25) is 4.79 Å². The zero-order valence-corrected chi connectivity index (χ0v) is 12.6. The van der Waals surface area contributed by atoms with Gasteiger partial charge in [0.15, 0.2) is 0 Å². The van der Waals surface area contributed by atoms with E-state index in [0.29, 0.717) is 0 Å². The van der Waals surface area contributed by atoms with Crippen LogP contribution in [0.3, 0.4) is 0 Å². The van der Waals surface area contributed by atoms with E-state index in [1.54, 1.807) is 0 Å². The molecule has 1 amide bonds. The van der Waals surface area contributed by atoms with Crippen molar-refractivity contribution in [1.82, 2.24) is 4.90 Å². The normalized spacial score (nSPS) is 26.3. The van der Waals surface area contributed by atoms with Crippen LogP contribution in [0.25, 0.3) is 0 Å². The predicted molar refractivity (Wildman–Crippen MR) is 76.8 cm³/mol. The van der Waals surface area contributed by atoms with Gasteiger partial charge in [-0.15, -0.1) is 0 Å². The van der Waals surface area contributed by atoms with Gasteiger partial charge in [0.05, 0.1) is 12.0 Å². The van der Waals surface area contributed by atoms with Crippen molar-refractivity contribution in [3.05, 3.63) is 33.8 Å². The second-order valence-corrected chi connectivity index (χ2v) is 6.31. The van der Waals surface area contributed by atoms with Crippen LogP contribution in [-0.2, 0) is 22.5 Å². The van der Waals surface area contributed by atoms with E-state index in [9.17, 15) is 4.79 Å².